The lowest BCUT2D eigenvalue weighted by atomic mass is 10.1. The van der Waals surface area contributed by atoms with E-state index in [-0.39, 0.29) is 26.1 Å². The molecule has 42 heavy (non-hydrogen) atoms. The molecule has 2 atom stereocenters. The van der Waals surface area contributed by atoms with Gasteiger partial charge in [0.15, 0.2) is 6.10 Å². The molecule has 0 spiro atoms. The molecule has 10 heteroatoms. The second-order valence-corrected chi connectivity index (χ2v) is 12.6. The lowest BCUT2D eigenvalue weighted by Gasteiger charge is -2.24. The number of quaternary nitrogens is 1. The molecule has 0 fully saturated rings. The first-order chi connectivity index (χ1) is 20.0. The van der Waals surface area contributed by atoms with E-state index in [9.17, 15) is 19.0 Å². The van der Waals surface area contributed by atoms with Gasteiger partial charge in [-0.05, 0) is 38.5 Å². The van der Waals surface area contributed by atoms with Crippen molar-refractivity contribution in [3.8, 4) is 0 Å². The first kappa shape index (κ1) is 40.0. The quantitative estimate of drug-likeness (QED) is 0.0358. The van der Waals surface area contributed by atoms with E-state index >= 15 is 0 Å². The SMILES string of the molecule is CC/C=C\C/C=C\C/C=C\C/C=C\CCC(=O)OC(COC(=O)CCCCCCC)COP(=O)(O)OCC[N+](C)(C)C. The lowest BCUT2D eigenvalue weighted by Crippen LogP contribution is -2.37. The summed E-state index contributed by atoms with van der Waals surface area (Å²) in [5.74, 6) is -0.917. The van der Waals surface area contributed by atoms with Gasteiger partial charge in [0.2, 0.25) is 0 Å². The number of allylic oxidation sites excluding steroid dienone is 8. The number of carbonyl (C=O) groups is 2. The molecule has 0 rings (SSSR count). The standard InChI is InChI=1S/C32H56NO8P/c1-6-8-10-12-13-14-15-16-17-18-19-21-23-25-32(35)41-30(28-38-31(34)24-22-20-11-9-7-2)29-40-42(36,37)39-27-26-33(3,4)5/h8,10,13-14,16-17,19,21,30H,6-7,9,11-12,15,18,20,22-29H2,1-5H3/p+1/b10-8-,14-13-,17-16-,21-19-. The normalized spacial score (nSPS) is 14.7. The molecule has 0 saturated heterocycles. The molecule has 0 amide bonds. The van der Waals surface area contributed by atoms with E-state index in [1.54, 1.807) is 0 Å². The predicted molar refractivity (Wildman–Crippen MR) is 169 cm³/mol. The first-order valence-electron chi connectivity index (χ1n) is 15.4. The number of hydrogen-bond acceptors (Lipinski definition) is 7. The van der Waals surface area contributed by atoms with Gasteiger partial charge in [-0.1, -0.05) is 88.1 Å². The fourth-order valence-electron chi connectivity index (χ4n) is 3.44. The van der Waals surface area contributed by atoms with Crippen LogP contribution in [0.4, 0.5) is 0 Å². The van der Waals surface area contributed by atoms with Gasteiger partial charge in [0, 0.05) is 12.8 Å². The van der Waals surface area contributed by atoms with E-state index in [2.05, 4.69) is 50.3 Å². The molecule has 2 unspecified atom stereocenters. The van der Waals surface area contributed by atoms with Crippen LogP contribution >= 0.6 is 7.82 Å². The highest BCUT2D eigenvalue weighted by molar-refractivity contribution is 7.47. The molecule has 0 radical (unpaired) electrons. The van der Waals surface area contributed by atoms with E-state index < -0.39 is 32.5 Å². The predicted octanol–water partition coefficient (Wildman–Crippen LogP) is 7.23. The van der Waals surface area contributed by atoms with Crippen LogP contribution in [0.1, 0.15) is 90.9 Å². The second kappa shape index (κ2) is 25.5. The molecule has 0 heterocycles. The molecule has 242 valence electrons. The van der Waals surface area contributed by atoms with Crippen molar-refractivity contribution >= 4 is 19.8 Å². The van der Waals surface area contributed by atoms with Gasteiger partial charge >= 0.3 is 19.8 Å². The number of likely N-dealkylation sites (N-methyl/N-ethyl adjacent to an activating group) is 1. The van der Waals surface area contributed by atoms with Crippen LogP contribution in [0.25, 0.3) is 0 Å². The van der Waals surface area contributed by atoms with E-state index in [4.69, 9.17) is 18.5 Å². The molecule has 1 N–H and O–H groups in total. The summed E-state index contributed by atoms with van der Waals surface area (Å²) in [5.41, 5.74) is 0. The number of phosphoric acid groups is 1. The molecule has 0 aliphatic heterocycles. The van der Waals surface area contributed by atoms with E-state index in [1.807, 2.05) is 33.3 Å². The summed E-state index contributed by atoms with van der Waals surface area (Å²) < 4.78 is 33.7. The number of nitrogens with zero attached hydrogens (tertiary/aromatic N) is 1. The molecule has 0 aromatic rings. The summed E-state index contributed by atoms with van der Waals surface area (Å²) in [7, 11) is 1.42. The number of ether oxygens (including phenoxy) is 2. The number of rotatable bonds is 26. The Hall–Kier alpha value is -2.03. The average molecular weight is 615 g/mol. The van der Waals surface area contributed by atoms with Crippen molar-refractivity contribution < 1.29 is 42.1 Å². The Bertz CT molecular complexity index is 876. The molecule has 0 aliphatic rings. The van der Waals surface area contributed by atoms with Crippen LogP contribution in [0.2, 0.25) is 0 Å². The minimum absolute atomic E-state index is 0.0175. The molecule has 9 nitrogen and oxygen atoms in total. The summed E-state index contributed by atoms with van der Waals surface area (Å²) in [4.78, 5) is 34.6. The van der Waals surface area contributed by atoms with Crippen molar-refractivity contribution in [1.82, 2.24) is 0 Å². The number of esters is 2. The number of carbonyl (C=O) groups excluding carboxylic acids is 2. The van der Waals surface area contributed by atoms with Crippen molar-refractivity contribution in [1.29, 1.82) is 0 Å². The topological polar surface area (TPSA) is 108 Å². The Kier molecular flexibility index (Phi) is 24.2. The number of hydrogen-bond donors (Lipinski definition) is 1. The molecule has 0 bridgehead atoms. The molecule has 0 aromatic carbocycles. The highest BCUT2D eigenvalue weighted by Gasteiger charge is 2.26. The van der Waals surface area contributed by atoms with Crippen LogP contribution in [0, 0.1) is 0 Å². The zero-order valence-electron chi connectivity index (χ0n) is 26.7. The lowest BCUT2D eigenvalue weighted by molar-refractivity contribution is -0.870. The Morgan fingerprint density at radius 2 is 1.36 bits per heavy atom. The van der Waals surface area contributed by atoms with Gasteiger partial charge in [-0.3, -0.25) is 18.6 Å². The molecular formula is C32H57NO8P+. The third-order valence-corrected chi connectivity index (χ3v) is 6.87. The van der Waals surface area contributed by atoms with Gasteiger partial charge in [0.25, 0.3) is 0 Å². The third kappa shape index (κ3) is 28.1. The summed E-state index contributed by atoms with van der Waals surface area (Å²) in [6.45, 7) is 4.07. The van der Waals surface area contributed by atoms with E-state index in [1.165, 1.54) is 0 Å². The average Bonchev–Trinajstić information content (AvgIpc) is 2.91. The van der Waals surface area contributed by atoms with Crippen molar-refractivity contribution in [3.63, 3.8) is 0 Å². The largest absolute Gasteiger partial charge is 0.472 e. The third-order valence-electron chi connectivity index (χ3n) is 5.89. The smallest absolute Gasteiger partial charge is 0.462 e. The molecule has 0 aliphatic carbocycles. The first-order valence-corrected chi connectivity index (χ1v) is 16.9. The highest BCUT2D eigenvalue weighted by Crippen LogP contribution is 2.43. The van der Waals surface area contributed by atoms with Crippen LogP contribution in [0.3, 0.4) is 0 Å². The van der Waals surface area contributed by atoms with E-state index in [0.717, 1.165) is 57.8 Å². The van der Waals surface area contributed by atoms with Gasteiger partial charge in [0.05, 0.1) is 27.7 Å². The number of unbranched alkanes of at least 4 members (excludes halogenated alkanes) is 4. The van der Waals surface area contributed by atoms with Gasteiger partial charge in [-0.15, -0.1) is 0 Å². The van der Waals surface area contributed by atoms with Gasteiger partial charge in [-0.2, -0.15) is 0 Å². The second-order valence-electron chi connectivity index (χ2n) is 11.1. The Morgan fingerprint density at radius 3 is 1.95 bits per heavy atom. The number of phosphoric ester groups is 1. The van der Waals surface area contributed by atoms with E-state index in [0.29, 0.717) is 17.4 Å². The summed E-state index contributed by atoms with van der Waals surface area (Å²) in [6.07, 6.45) is 25.1. The van der Waals surface area contributed by atoms with Crippen LogP contribution in [0.15, 0.2) is 48.6 Å². The Balaban J connectivity index is 4.65. The van der Waals surface area contributed by atoms with Crippen molar-refractivity contribution in [2.24, 2.45) is 0 Å². The van der Waals surface area contributed by atoms with Gasteiger partial charge in [0.1, 0.15) is 19.8 Å². The summed E-state index contributed by atoms with van der Waals surface area (Å²) >= 11 is 0. The monoisotopic (exact) mass is 614 g/mol. The van der Waals surface area contributed by atoms with Crippen LogP contribution in [-0.4, -0.2) is 74.9 Å². The molecule has 0 aromatic heterocycles. The maximum atomic E-state index is 12.4. The zero-order valence-corrected chi connectivity index (χ0v) is 27.6. The highest BCUT2D eigenvalue weighted by atomic mass is 31.2. The minimum atomic E-state index is -4.37. The summed E-state index contributed by atoms with van der Waals surface area (Å²) in [5, 5.41) is 0. The minimum Gasteiger partial charge on any atom is -0.462 e. The maximum Gasteiger partial charge on any atom is 0.472 e. The Labute approximate surface area is 254 Å². The van der Waals surface area contributed by atoms with Crippen LogP contribution < -0.4 is 0 Å². The zero-order chi connectivity index (χ0) is 31.5. The fraction of sp³-hybridized carbons (Fsp3) is 0.688. The van der Waals surface area contributed by atoms with Crippen LogP contribution in [0.5, 0.6) is 0 Å². The fourth-order valence-corrected chi connectivity index (χ4v) is 4.18. The maximum absolute atomic E-state index is 12.4. The Morgan fingerprint density at radius 1 is 0.762 bits per heavy atom. The molecule has 0 saturated carbocycles. The van der Waals surface area contributed by atoms with Gasteiger partial charge in [-0.25, -0.2) is 4.57 Å². The summed E-state index contributed by atoms with van der Waals surface area (Å²) in [6, 6.07) is 0. The van der Waals surface area contributed by atoms with Crippen molar-refractivity contribution in [3.05, 3.63) is 48.6 Å². The van der Waals surface area contributed by atoms with Crippen molar-refractivity contribution in [2.45, 2.75) is 97.0 Å². The van der Waals surface area contributed by atoms with Crippen LogP contribution in [-0.2, 0) is 32.7 Å². The molecular weight excluding hydrogens is 557 g/mol. The van der Waals surface area contributed by atoms with Gasteiger partial charge < -0.3 is 18.9 Å². The van der Waals surface area contributed by atoms with Crippen molar-refractivity contribution in [2.75, 3.05) is 47.5 Å².